The van der Waals surface area contributed by atoms with Gasteiger partial charge in [0.15, 0.2) is 0 Å². The van der Waals surface area contributed by atoms with Gasteiger partial charge < -0.3 is 4.90 Å². The molecule has 1 saturated heterocycles. The lowest BCUT2D eigenvalue weighted by Crippen LogP contribution is -2.33. The molecule has 1 amide bonds. The molecule has 2 heterocycles. The fraction of sp³-hybridized carbons (Fsp3) is 0.600. The van der Waals surface area contributed by atoms with Crippen molar-refractivity contribution in [1.82, 2.24) is 9.88 Å². The molecule has 1 unspecified atom stereocenters. The number of amides is 1. The van der Waals surface area contributed by atoms with Crippen molar-refractivity contribution < 1.29 is 4.79 Å². The van der Waals surface area contributed by atoms with Gasteiger partial charge in [0.25, 0.3) is 0 Å². The zero-order valence-corrected chi connectivity index (χ0v) is 11.9. The molecule has 1 atom stereocenters. The van der Waals surface area contributed by atoms with Gasteiger partial charge >= 0.3 is 0 Å². The Morgan fingerprint density at radius 2 is 2.17 bits per heavy atom. The van der Waals surface area contributed by atoms with Gasteiger partial charge in [-0.3, -0.25) is 9.78 Å². The lowest BCUT2D eigenvalue weighted by molar-refractivity contribution is -0.135. The zero-order valence-electron chi connectivity index (χ0n) is 11.9. The van der Waals surface area contributed by atoms with Crippen LogP contribution in [0.25, 0.3) is 0 Å². The van der Waals surface area contributed by atoms with Crippen molar-refractivity contribution in [3.05, 3.63) is 30.1 Å². The summed E-state index contributed by atoms with van der Waals surface area (Å²) in [7, 11) is 0. The number of rotatable bonds is 2. The maximum absolute atomic E-state index is 12.0. The van der Waals surface area contributed by atoms with Crippen molar-refractivity contribution in [3.63, 3.8) is 0 Å². The van der Waals surface area contributed by atoms with E-state index in [2.05, 4.69) is 11.1 Å². The first-order chi connectivity index (χ1) is 8.70. The zero-order chi connectivity index (χ0) is 13.5. The van der Waals surface area contributed by atoms with Crippen LogP contribution < -0.4 is 0 Å². The molecule has 18 heavy (non-hydrogen) atoms. The van der Waals surface area contributed by atoms with E-state index in [-0.39, 0.29) is 17.9 Å². The Morgan fingerprint density at radius 1 is 1.44 bits per heavy atom. The van der Waals surface area contributed by atoms with Crippen LogP contribution in [0.3, 0.4) is 0 Å². The Kier molecular flexibility index (Phi) is 5.83. The van der Waals surface area contributed by atoms with Crippen molar-refractivity contribution in [2.45, 2.75) is 46.6 Å². The molecular weight excluding hydrogens is 224 g/mol. The summed E-state index contributed by atoms with van der Waals surface area (Å²) in [5.74, 6) is 0.337. The fourth-order valence-electron chi connectivity index (χ4n) is 2.28. The third-order valence-electron chi connectivity index (χ3n) is 3.10. The topological polar surface area (TPSA) is 33.2 Å². The van der Waals surface area contributed by atoms with E-state index in [1.165, 1.54) is 0 Å². The molecule has 1 aliphatic heterocycles. The first-order valence-electron chi connectivity index (χ1n) is 6.90. The van der Waals surface area contributed by atoms with Crippen LogP contribution >= 0.6 is 0 Å². The number of likely N-dealkylation sites (tertiary alicyclic amines) is 1. The molecule has 0 spiro atoms. The summed E-state index contributed by atoms with van der Waals surface area (Å²) >= 11 is 0. The quantitative estimate of drug-likeness (QED) is 0.803. The van der Waals surface area contributed by atoms with Crippen molar-refractivity contribution in [3.8, 4) is 0 Å². The van der Waals surface area contributed by atoms with E-state index >= 15 is 0 Å². The van der Waals surface area contributed by atoms with E-state index in [1.807, 2.05) is 44.9 Å². The molecular formula is C15H24N2O. The van der Waals surface area contributed by atoms with E-state index < -0.39 is 0 Å². The van der Waals surface area contributed by atoms with Crippen molar-refractivity contribution in [2.75, 3.05) is 6.54 Å². The second kappa shape index (κ2) is 7.14. The van der Waals surface area contributed by atoms with E-state index in [9.17, 15) is 4.79 Å². The fourth-order valence-corrected chi connectivity index (χ4v) is 2.28. The van der Waals surface area contributed by atoms with Gasteiger partial charge in [-0.15, -0.1) is 0 Å². The van der Waals surface area contributed by atoms with Crippen LogP contribution in [0.5, 0.6) is 0 Å². The molecule has 0 radical (unpaired) electrons. The van der Waals surface area contributed by atoms with E-state index in [0.29, 0.717) is 0 Å². The second-order valence-electron chi connectivity index (χ2n) is 4.63. The summed E-state index contributed by atoms with van der Waals surface area (Å²) in [6.07, 6.45) is 5.80. The van der Waals surface area contributed by atoms with Crippen LogP contribution in [0.4, 0.5) is 0 Å². The average molecular weight is 248 g/mol. The molecule has 2 rings (SSSR count). The SMILES string of the molecule is CC.CC(C)C(=O)N1CCCC1c1cccnc1. The first-order valence-corrected chi connectivity index (χ1v) is 6.90. The molecule has 100 valence electrons. The van der Waals surface area contributed by atoms with Gasteiger partial charge in [0.1, 0.15) is 0 Å². The highest BCUT2D eigenvalue weighted by molar-refractivity contribution is 5.78. The highest BCUT2D eigenvalue weighted by Gasteiger charge is 2.30. The molecule has 3 nitrogen and oxygen atoms in total. The average Bonchev–Trinajstić information content (AvgIpc) is 2.90. The third-order valence-corrected chi connectivity index (χ3v) is 3.10. The minimum atomic E-state index is 0.0808. The Labute approximate surface area is 110 Å². The minimum Gasteiger partial charge on any atom is -0.335 e. The Hall–Kier alpha value is -1.38. The largest absolute Gasteiger partial charge is 0.335 e. The number of hydrogen-bond acceptors (Lipinski definition) is 2. The predicted octanol–water partition coefficient (Wildman–Crippen LogP) is 3.43. The molecule has 0 N–H and O–H groups in total. The maximum Gasteiger partial charge on any atom is 0.225 e. The number of carbonyl (C=O) groups is 1. The van der Waals surface area contributed by atoms with Crippen LogP contribution in [0, 0.1) is 5.92 Å². The summed E-state index contributed by atoms with van der Waals surface area (Å²) in [5.41, 5.74) is 1.16. The van der Waals surface area contributed by atoms with Gasteiger partial charge in [0.2, 0.25) is 5.91 Å². The van der Waals surface area contributed by atoms with Crippen molar-refractivity contribution in [2.24, 2.45) is 5.92 Å². The standard InChI is InChI=1S/C13H18N2O.C2H6/c1-10(2)13(16)15-8-4-6-12(15)11-5-3-7-14-9-11;1-2/h3,5,7,9-10,12H,4,6,8H2,1-2H3;1-2H3. The van der Waals surface area contributed by atoms with E-state index in [0.717, 1.165) is 24.9 Å². The summed E-state index contributed by atoms with van der Waals surface area (Å²) in [6.45, 7) is 8.80. The lowest BCUT2D eigenvalue weighted by Gasteiger charge is -2.26. The third kappa shape index (κ3) is 3.31. The number of hydrogen-bond donors (Lipinski definition) is 0. The highest BCUT2D eigenvalue weighted by Crippen LogP contribution is 2.32. The van der Waals surface area contributed by atoms with Gasteiger partial charge in [-0.05, 0) is 24.5 Å². The number of carbonyl (C=O) groups excluding carboxylic acids is 1. The van der Waals surface area contributed by atoms with Crippen LogP contribution in [0.2, 0.25) is 0 Å². The molecule has 1 aromatic heterocycles. The van der Waals surface area contributed by atoms with Gasteiger partial charge in [-0.2, -0.15) is 0 Å². The molecule has 0 bridgehead atoms. The van der Waals surface area contributed by atoms with Gasteiger partial charge in [0.05, 0.1) is 6.04 Å². The summed E-state index contributed by atoms with van der Waals surface area (Å²) in [6, 6.07) is 4.23. The number of nitrogens with zero attached hydrogens (tertiary/aromatic N) is 2. The van der Waals surface area contributed by atoms with E-state index in [1.54, 1.807) is 6.20 Å². The number of pyridine rings is 1. The summed E-state index contributed by atoms with van der Waals surface area (Å²) in [4.78, 5) is 18.2. The Balaban J connectivity index is 0.000000771. The molecule has 1 fully saturated rings. The monoisotopic (exact) mass is 248 g/mol. The number of aromatic nitrogens is 1. The molecule has 1 aliphatic rings. The van der Waals surface area contributed by atoms with Crippen LogP contribution in [-0.4, -0.2) is 22.3 Å². The van der Waals surface area contributed by atoms with Gasteiger partial charge in [0, 0.05) is 24.9 Å². The highest BCUT2D eigenvalue weighted by atomic mass is 16.2. The molecule has 1 aromatic rings. The maximum atomic E-state index is 12.0. The van der Waals surface area contributed by atoms with Gasteiger partial charge in [-0.25, -0.2) is 0 Å². The molecule has 0 saturated carbocycles. The molecule has 0 aliphatic carbocycles. The minimum absolute atomic E-state index is 0.0808. The smallest absolute Gasteiger partial charge is 0.225 e. The van der Waals surface area contributed by atoms with Crippen molar-refractivity contribution in [1.29, 1.82) is 0 Å². The Morgan fingerprint density at radius 3 is 2.72 bits per heavy atom. The lowest BCUT2D eigenvalue weighted by atomic mass is 10.1. The van der Waals surface area contributed by atoms with Gasteiger partial charge in [-0.1, -0.05) is 33.8 Å². The Bertz CT molecular complexity index is 362. The van der Waals surface area contributed by atoms with Crippen LogP contribution in [0.15, 0.2) is 24.5 Å². The van der Waals surface area contributed by atoms with Crippen LogP contribution in [0.1, 0.15) is 52.1 Å². The van der Waals surface area contributed by atoms with Crippen LogP contribution in [-0.2, 0) is 4.79 Å². The first kappa shape index (κ1) is 14.7. The normalized spacial score (nSPS) is 18.5. The predicted molar refractivity (Wildman–Crippen MR) is 74.1 cm³/mol. The molecule has 0 aromatic carbocycles. The second-order valence-corrected chi connectivity index (χ2v) is 4.63. The van der Waals surface area contributed by atoms with Crippen molar-refractivity contribution >= 4 is 5.91 Å². The van der Waals surface area contributed by atoms with E-state index in [4.69, 9.17) is 0 Å². The molecule has 3 heteroatoms. The summed E-state index contributed by atoms with van der Waals surface area (Å²) in [5, 5.41) is 0. The summed E-state index contributed by atoms with van der Waals surface area (Å²) < 4.78 is 0.